The Bertz CT molecular complexity index is 393. The minimum atomic E-state index is -0.312. The lowest BCUT2D eigenvalue weighted by molar-refractivity contribution is -0.202. The number of rotatable bonds is 2. The maximum atomic E-state index is 10.4. The SMILES string of the molecule is C1C2CC3C4CC5CC(C14)C(C2)C3C5.C=C(C)C(=O)OCC. The predicted octanol–water partition coefficient (Wildman–Crippen LogP) is 4.45. The van der Waals surface area contributed by atoms with E-state index in [0.29, 0.717) is 12.2 Å². The molecule has 7 saturated carbocycles. The number of hydrogen-bond acceptors (Lipinski definition) is 2. The van der Waals surface area contributed by atoms with E-state index in [1.807, 2.05) is 0 Å². The highest BCUT2D eigenvalue weighted by Gasteiger charge is 2.63. The Hall–Kier alpha value is -0.790. The van der Waals surface area contributed by atoms with Gasteiger partial charge in [-0.2, -0.15) is 0 Å². The smallest absolute Gasteiger partial charge is 0.333 e. The molecule has 7 aliphatic rings. The van der Waals surface area contributed by atoms with Gasteiger partial charge in [0.25, 0.3) is 0 Å². The van der Waals surface area contributed by atoms with Crippen molar-refractivity contribution in [1.82, 2.24) is 0 Å². The Morgan fingerprint density at radius 3 is 1.36 bits per heavy atom. The molecule has 0 aromatic heterocycles. The molecule has 0 atom stereocenters. The van der Waals surface area contributed by atoms with E-state index in [4.69, 9.17) is 0 Å². The zero-order valence-corrected chi connectivity index (χ0v) is 14.1. The standard InChI is InChI=1S/C14H20.C6H10O2/c1-7-2-12-10-4-8-5-11(9(1)10)13(3-7)14(12)6-8;1-4-8-6(7)5(2)3/h7-14H,1-6H2;2,4H2,1,3H3. The molecule has 0 spiro atoms. The van der Waals surface area contributed by atoms with E-state index >= 15 is 0 Å². The minimum Gasteiger partial charge on any atom is -0.463 e. The zero-order valence-electron chi connectivity index (χ0n) is 14.1. The van der Waals surface area contributed by atoms with Crippen molar-refractivity contribution < 1.29 is 9.53 Å². The van der Waals surface area contributed by atoms with Crippen molar-refractivity contribution in [3.63, 3.8) is 0 Å². The van der Waals surface area contributed by atoms with Crippen LogP contribution in [0.25, 0.3) is 0 Å². The fourth-order valence-electron chi connectivity index (χ4n) is 7.14. The maximum absolute atomic E-state index is 10.4. The van der Waals surface area contributed by atoms with E-state index in [-0.39, 0.29) is 5.97 Å². The fraction of sp³-hybridized carbons (Fsp3) is 0.850. The van der Waals surface area contributed by atoms with Crippen LogP contribution in [0.4, 0.5) is 0 Å². The lowest BCUT2D eigenvalue weighted by atomic mass is 9.36. The lowest BCUT2D eigenvalue weighted by Gasteiger charge is -2.69. The predicted molar refractivity (Wildman–Crippen MR) is 87.1 cm³/mol. The van der Waals surface area contributed by atoms with Crippen molar-refractivity contribution in [1.29, 1.82) is 0 Å². The quantitative estimate of drug-likeness (QED) is 0.556. The van der Waals surface area contributed by atoms with Crippen molar-refractivity contribution in [3.8, 4) is 0 Å². The van der Waals surface area contributed by atoms with Gasteiger partial charge in [-0.15, -0.1) is 0 Å². The molecule has 2 heteroatoms. The van der Waals surface area contributed by atoms with Gasteiger partial charge in [-0.05, 0) is 99.7 Å². The number of esters is 1. The van der Waals surface area contributed by atoms with E-state index in [1.54, 1.807) is 52.4 Å². The molecule has 7 fully saturated rings. The van der Waals surface area contributed by atoms with Crippen LogP contribution in [-0.2, 0) is 9.53 Å². The first-order valence-corrected chi connectivity index (χ1v) is 9.41. The molecule has 7 rings (SSSR count). The highest BCUT2D eigenvalue weighted by molar-refractivity contribution is 5.86. The van der Waals surface area contributed by atoms with Gasteiger partial charge in [0, 0.05) is 5.57 Å². The van der Waals surface area contributed by atoms with E-state index in [1.165, 1.54) is 47.3 Å². The first kappa shape index (κ1) is 14.8. The number of carbonyl (C=O) groups is 1. The molecule has 0 radical (unpaired) electrons. The zero-order chi connectivity index (χ0) is 15.4. The van der Waals surface area contributed by atoms with Gasteiger partial charge in [-0.1, -0.05) is 6.58 Å². The summed E-state index contributed by atoms with van der Waals surface area (Å²) < 4.78 is 4.56. The summed E-state index contributed by atoms with van der Waals surface area (Å²) in [5.74, 6) is 9.43. The lowest BCUT2D eigenvalue weighted by Crippen LogP contribution is -2.62. The molecule has 8 bridgehead atoms. The van der Waals surface area contributed by atoms with E-state index in [0.717, 1.165) is 0 Å². The molecule has 0 N–H and O–H groups in total. The molecule has 2 nitrogen and oxygen atoms in total. The topological polar surface area (TPSA) is 26.3 Å². The highest BCUT2D eigenvalue weighted by Crippen LogP contribution is 2.71. The molecule has 7 aliphatic carbocycles. The molecule has 0 amide bonds. The molecule has 122 valence electrons. The summed E-state index contributed by atoms with van der Waals surface area (Å²) in [7, 11) is 0. The van der Waals surface area contributed by atoms with Crippen molar-refractivity contribution in [2.75, 3.05) is 6.61 Å². The Balaban J connectivity index is 0.000000137. The fourth-order valence-corrected chi connectivity index (χ4v) is 7.14. The van der Waals surface area contributed by atoms with Crippen LogP contribution in [0.15, 0.2) is 12.2 Å². The Kier molecular flexibility index (Phi) is 3.62. The van der Waals surface area contributed by atoms with Gasteiger partial charge >= 0.3 is 5.97 Å². The Labute approximate surface area is 134 Å². The van der Waals surface area contributed by atoms with Crippen LogP contribution in [0.1, 0.15) is 52.4 Å². The summed E-state index contributed by atoms with van der Waals surface area (Å²) >= 11 is 0. The second-order valence-corrected chi connectivity index (χ2v) is 8.63. The van der Waals surface area contributed by atoms with Crippen molar-refractivity contribution in [2.45, 2.75) is 52.4 Å². The maximum Gasteiger partial charge on any atom is 0.333 e. The third-order valence-corrected chi connectivity index (χ3v) is 7.56. The third kappa shape index (κ3) is 2.17. The molecule has 0 unspecified atom stereocenters. The van der Waals surface area contributed by atoms with E-state index in [9.17, 15) is 4.79 Å². The van der Waals surface area contributed by atoms with Crippen molar-refractivity contribution >= 4 is 5.97 Å². The highest BCUT2D eigenvalue weighted by atomic mass is 16.5. The van der Waals surface area contributed by atoms with Crippen LogP contribution >= 0.6 is 0 Å². The van der Waals surface area contributed by atoms with Crippen LogP contribution in [0.2, 0.25) is 0 Å². The molecular formula is C20H30O2. The van der Waals surface area contributed by atoms with Gasteiger partial charge in [-0.25, -0.2) is 4.79 Å². The van der Waals surface area contributed by atoms with Crippen LogP contribution in [0.3, 0.4) is 0 Å². The monoisotopic (exact) mass is 302 g/mol. The van der Waals surface area contributed by atoms with E-state index in [2.05, 4.69) is 11.3 Å². The van der Waals surface area contributed by atoms with Crippen LogP contribution in [0.5, 0.6) is 0 Å². The van der Waals surface area contributed by atoms with Gasteiger partial charge in [0.2, 0.25) is 0 Å². The first-order valence-electron chi connectivity index (χ1n) is 9.41. The second-order valence-electron chi connectivity index (χ2n) is 8.63. The molecule has 0 aromatic carbocycles. The number of ether oxygens (including phenoxy) is 1. The normalized spacial score (nSPS) is 48.8. The van der Waals surface area contributed by atoms with Gasteiger partial charge < -0.3 is 4.74 Å². The van der Waals surface area contributed by atoms with Gasteiger partial charge in [0.05, 0.1) is 6.61 Å². The molecular weight excluding hydrogens is 272 g/mol. The average molecular weight is 302 g/mol. The Morgan fingerprint density at radius 1 is 0.864 bits per heavy atom. The van der Waals surface area contributed by atoms with Gasteiger partial charge in [-0.3, -0.25) is 0 Å². The average Bonchev–Trinajstić information content (AvgIpc) is 2.52. The van der Waals surface area contributed by atoms with Crippen molar-refractivity contribution in [3.05, 3.63) is 12.2 Å². The molecule has 0 heterocycles. The summed E-state index contributed by atoms with van der Waals surface area (Å²) in [6.45, 7) is 7.21. The molecule has 0 aromatic rings. The van der Waals surface area contributed by atoms with Crippen LogP contribution in [0, 0.1) is 47.3 Å². The summed E-state index contributed by atoms with van der Waals surface area (Å²) in [5, 5.41) is 0. The first-order chi connectivity index (χ1) is 10.6. The van der Waals surface area contributed by atoms with Crippen LogP contribution in [-0.4, -0.2) is 12.6 Å². The van der Waals surface area contributed by atoms with Crippen molar-refractivity contribution in [2.24, 2.45) is 47.3 Å². The number of carbonyl (C=O) groups excluding carboxylic acids is 1. The summed E-state index contributed by atoms with van der Waals surface area (Å²) in [6.07, 6.45) is 9.93. The minimum absolute atomic E-state index is 0.312. The number of hydrogen-bond donors (Lipinski definition) is 0. The summed E-state index contributed by atoms with van der Waals surface area (Å²) in [5.41, 5.74) is 0.451. The Morgan fingerprint density at radius 2 is 1.18 bits per heavy atom. The van der Waals surface area contributed by atoms with Gasteiger partial charge in [0.15, 0.2) is 0 Å². The third-order valence-electron chi connectivity index (χ3n) is 7.56. The van der Waals surface area contributed by atoms with Crippen LogP contribution < -0.4 is 0 Å². The van der Waals surface area contributed by atoms with E-state index < -0.39 is 0 Å². The molecule has 0 saturated heterocycles. The molecule has 0 aliphatic heterocycles. The van der Waals surface area contributed by atoms with Gasteiger partial charge in [0.1, 0.15) is 0 Å². The second kappa shape index (κ2) is 5.39. The summed E-state index contributed by atoms with van der Waals surface area (Å²) in [6, 6.07) is 0. The summed E-state index contributed by atoms with van der Waals surface area (Å²) in [4.78, 5) is 10.4. The largest absolute Gasteiger partial charge is 0.463 e. The molecule has 22 heavy (non-hydrogen) atoms.